The SMILES string of the molecule is COc1cc(CNc2cc(Cl)nc(NCC(C)C)n2)cc(OC)c1OC. The van der Waals surface area contributed by atoms with Crippen LogP contribution in [0.4, 0.5) is 11.8 Å². The van der Waals surface area contributed by atoms with Gasteiger partial charge in [-0.2, -0.15) is 4.98 Å². The quantitative estimate of drug-likeness (QED) is 0.640. The highest BCUT2D eigenvalue weighted by molar-refractivity contribution is 6.29. The summed E-state index contributed by atoms with van der Waals surface area (Å²) in [6.45, 7) is 5.50. The Morgan fingerprint density at radius 3 is 2.15 bits per heavy atom. The fraction of sp³-hybridized carbons (Fsp3) is 0.444. The highest BCUT2D eigenvalue weighted by Crippen LogP contribution is 2.38. The molecule has 2 N–H and O–H groups in total. The van der Waals surface area contributed by atoms with Crippen LogP contribution in [0.2, 0.25) is 5.15 Å². The molecule has 1 aromatic carbocycles. The molecule has 142 valence electrons. The number of halogens is 1. The van der Waals surface area contributed by atoms with Crippen LogP contribution in [0.1, 0.15) is 19.4 Å². The van der Waals surface area contributed by atoms with Crippen LogP contribution in [0.25, 0.3) is 0 Å². The molecule has 0 saturated heterocycles. The lowest BCUT2D eigenvalue weighted by molar-refractivity contribution is 0.324. The molecule has 0 saturated carbocycles. The average Bonchev–Trinajstić information content (AvgIpc) is 2.63. The minimum absolute atomic E-state index is 0.374. The summed E-state index contributed by atoms with van der Waals surface area (Å²) in [6.07, 6.45) is 0. The lowest BCUT2D eigenvalue weighted by Crippen LogP contribution is -2.12. The molecule has 0 radical (unpaired) electrons. The van der Waals surface area contributed by atoms with E-state index in [-0.39, 0.29) is 0 Å². The van der Waals surface area contributed by atoms with Crippen molar-refractivity contribution in [3.8, 4) is 17.2 Å². The monoisotopic (exact) mass is 380 g/mol. The second-order valence-corrected chi connectivity index (χ2v) is 6.45. The maximum atomic E-state index is 6.09. The highest BCUT2D eigenvalue weighted by atomic mass is 35.5. The van der Waals surface area contributed by atoms with Gasteiger partial charge in [0.1, 0.15) is 11.0 Å². The van der Waals surface area contributed by atoms with Gasteiger partial charge in [0.15, 0.2) is 11.5 Å². The summed E-state index contributed by atoms with van der Waals surface area (Å²) in [5.41, 5.74) is 0.950. The zero-order chi connectivity index (χ0) is 19.1. The van der Waals surface area contributed by atoms with E-state index >= 15 is 0 Å². The van der Waals surface area contributed by atoms with Gasteiger partial charge in [0.2, 0.25) is 11.7 Å². The zero-order valence-corrected chi connectivity index (χ0v) is 16.5. The largest absolute Gasteiger partial charge is 0.493 e. The van der Waals surface area contributed by atoms with Crippen LogP contribution in [0.5, 0.6) is 17.2 Å². The van der Waals surface area contributed by atoms with Gasteiger partial charge >= 0.3 is 0 Å². The van der Waals surface area contributed by atoms with E-state index in [2.05, 4.69) is 34.4 Å². The Balaban J connectivity index is 2.15. The van der Waals surface area contributed by atoms with Gasteiger partial charge in [-0.25, -0.2) is 4.98 Å². The van der Waals surface area contributed by atoms with Crippen LogP contribution >= 0.6 is 11.6 Å². The van der Waals surface area contributed by atoms with Crippen LogP contribution in [-0.4, -0.2) is 37.8 Å². The van der Waals surface area contributed by atoms with Crippen molar-refractivity contribution >= 4 is 23.4 Å². The van der Waals surface area contributed by atoms with E-state index in [9.17, 15) is 0 Å². The minimum Gasteiger partial charge on any atom is -0.493 e. The molecule has 2 rings (SSSR count). The maximum absolute atomic E-state index is 6.09. The number of ether oxygens (including phenoxy) is 3. The number of hydrogen-bond donors (Lipinski definition) is 2. The Morgan fingerprint density at radius 1 is 0.962 bits per heavy atom. The van der Waals surface area contributed by atoms with E-state index in [1.807, 2.05) is 12.1 Å². The van der Waals surface area contributed by atoms with Crippen LogP contribution in [0, 0.1) is 5.92 Å². The number of benzene rings is 1. The molecule has 0 atom stereocenters. The first-order chi connectivity index (χ1) is 12.5. The average molecular weight is 381 g/mol. The first kappa shape index (κ1) is 19.9. The van der Waals surface area contributed by atoms with Crippen LogP contribution < -0.4 is 24.8 Å². The number of anilines is 2. The predicted octanol–water partition coefficient (Wildman–Crippen LogP) is 3.84. The van der Waals surface area contributed by atoms with Crippen molar-refractivity contribution in [2.24, 2.45) is 5.92 Å². The van der Waals surface area contributed by atoms with Crippen molar-refractivity contribution in [2.75, 3.05) is 38.5 Å². The molecule has 0 aliphatic carbocycles. The Bertz CT molecular complexity index is 715. The molecule has 0 spiro atoms. The molecule has 0 bridgehead atoms. The third kappa shape index (κ3) is 5.29. The summed E-state index contributed by atoms with van der Waals surface area (Å²) in [6, 6.07) is 5.45. The van der Waals surface area contributed by atoms with E-state index < -0.39 is 0 Å². The Kier molecular flexibility index (Phi) is 7.15. The molecule has 1 aromatic heterocycles. The van der Waals surface area contributed by atoms with Gasteiger partial charge in [-0.05, 0) is 23.6 Å². The van der Waals surface area contributed by atoms with Crippen molar-refractivity contribution in [1.82, 2.24) is 9.97 Å². The van der Waals surface area contributed by atoms with Gasteiger partial charge in [0, 0.05) is 19.2 Å². The normalized spacial score (nSPS) is 10.6. The fourth-order valence-corrected chi connectivity index (χ4v) is 2.50. The number of aromatic nitrogens is 2. The summed E-state index contributed by atoms with van der Waals surface area (Å²) in [7, 11) is 4.75. The van der Waals surface area contributed by atoms with E-state index in [1.54, 1.807) is 27.4 Å². The Labute approximate surface area is 159 Å². The number of rotatable bonds is 9. The van der Waals surface area contributed by atoms with Crippen LogP contribution in [0.3, 0.4) is 0 Å². The molecule has 8 heteroatoms. The van der Waals surface area contributed by atoms with Gasteiger partial charge in [-0.3, -0.25) is 0 Å². The smallest absolute Gasteiger partial charge is 0.226 e. The summed E-state index contributed by atoms with van der Waals surface area (Å²) in [5.74, 6) is 3.37. The minimum atomic E-state index is 0.374. The molecular formula is C18H25ClN4O3. The van der Waals surface area contributed by atoms with Crippen LogP contribution in [0.15, 0.2) is 18.2 Å². The lowest BCUT2D eigenvalue weighted by atomic mass is 10.1. The second kappa shape index (κ2) is 9.33. The standard InChI is InChI=1S/C18H25ClN4O3/c1-11(2)9-21-18-22-15(19)8-16(23-18)20-10-12-6-13(24-3)17(26-5)14(7-12)25-4/h6-8,11H,9-10H2,1-5H3,(H2,20,21,22,23). The van der Waals surface area contributed by atoms with Crippen molar-refractivity contribution < 1.29 is 14.2 Å². The topological polar surface area (TPSA) is 77.5 Å². The third-order valence-corrected chi connectivity index (χ3v) is 3.76. The number of hydrogen-bond acceptors (Lipinski definition) is 7. The highest BCUT2D eigenvalue weighted by Gasteiger charge is 2.13. The number of methoxy groups -OCH3 is 3. The van der Waals surface area contributed by atoms with Crippen molar-refractivity contribution in [2.45, 2.75) is 20.4 Å². The summed E-state index contributed by atoms with van der Waals surface area (Å²) in [5, 5.41) is 6.79. The van der Waals surface area contributed by atoms with E-state index in [1.165, 1.54) is 0 Å². The molecule has 0 fully saturated rings. The molecule has 1 heterocycles. The molecule has 0 aliphatic heterocycles. The molecular weight excluding hydrogens is 356 g/mol. The first-order valence-corrected chi connectivity index (χ1v) is 8.65. The van der Waals surface area contributed by atoms with Gasteiger partial charge in [-0.1, -0.05) is 25.4 Å². The fourth-order valence-electron chi connectivity index (χ4n) is 2.31. The molecule has 0 unspecified atom stereocenters. The molecule has 26 heavy (non-hydrogen) atoms. The van der Waals surface area contributed by atoms with Gasteiger partial charge in [0.25, 0.3) is 0 Å². The van der Waals surface area contributed by atoms with E-state index in [0.717, 1.165) is 12.1 Å². The number of nitrogens with one attached hydrogen (secondary N) is 2. The maximum Gasteiger partial charge on any atom is 0.226 e. The summed E-state index contributed by atoms with van der Waals surface area (Å²) < 4.78 is 16.1. The van der Waals surface area contributed by atoms with Gasteiger partial charge in [0.05, 0.1) is 21.3 Å². The second-order valence-electron chi connectivity index (χ2n) is 6.06. The molecule has 7 nitrogen and oxygen atoms in total. The van der Waals surface area contributed by atoms with Crippen LogP contribution in [-0.2, 0) is 6.54 Å². The third-order valence-electron chi connectivity index (χ3n) is 3.56. The van der Waals surface area contributed by atoms with E-state index in [4.69, 9.17) is 25.8 Å². The summed E-state index contributed by atoms with van der Waals surface area (Å²) in [4.78, 5) is 8.62. The molecule has 2 aromatic rings. The van der Waals surface area contributed by atoms with Crippen molar-refractivity contribution in [3.05, 3.63) is 28.9 Å². The molecule has 0 aliphatic rings. The number of nitrogens with zero attached hydrogens (tertiary/aromatic N) is 2. The van der Waals surface area contributed by atoms with E-state index in [0.29, 0.717) is 46.6 Å². The van der Waals surface area contributed by atoms with Crippen molar-refractivity contribution in [1.29, 1.82) is 0 Å². The summed E-state index contributed by atoms with van der Waals surface area (Å²) >= 11 is 6.09. The Morgan fingerprint density at radius 2 is 1.62 bits per heavy atom. The predicted molar refractivity (Wildman–Crippen MR) is 104 cm³/mol. The van der Waals surface area contributed by atoms with Gasteiger partial charge in [-0.15, -0.1) is 0 Å². The lowest BCUT2D eigenvalue weighted by Gasteiger charge is -2.15. The zero-order valence-electron chi connectivity index (χ0n) is 15.7. The van der Waals surface area contributed by atoms with Crippen molar-refractivity contribution in [3.63, 3.8) is 0 Å². The Hall–Kier alpha value is -2.41. The first-order valence-electron chi connectivity index (χ1n) is 8.28. The van der Waals surface area contributed by atoms with Gasteiger partial charge < -0.3 is 24.8 Å². The molecule has 0 amide bonds.